The molecule has 4 rings (SSSR count). The van der Waals surface area contributed by atoms with Gasteiger partial charge in [0.2, 0.25) is 5.13 Å². The number of carbonyl (C=O) groups is 1. The number of para-hydroxylation sites is 1. The number of amides is 2. The minimum Gasteiger partial charge on any atom is -0.371 e. The molecule has 1 aliphatic heterocycles. The van der Waals surface area contributed by atoms with Gasteiger partial charge in [0, 0.05) is 31.2 Å². The van der Waals surface area contributed by atoms with E-state index in [2.05, 4.69) is 43.9 Å². The van der Waals surface area contributed by atoms with E-state index in [0.717, 1.165) is 23.7 Å². The van der Waals surface area contributed by atoms with Gasteiger partial charge in [-0.15, -0.1) is 10.2 Å². The van der Waals surface area contributed by atoms with E-state index in [1.165, 1.54) is 62.0 Å². The Morgan fingerprint density at radius 1 is 1.07 bits per heavy atom. The van der Waals surface area contributed by atoms with Gasteiger partial charge in [-0.3, -0.25) is 5.32 Å². The average molecular weight is 386 g/mol. The highest BCUT2D eigenvalue weighted by Crippen LogP contribution is 2.35. The molecule has 2 N–H and O–H groups in total. The fourth-order valence-corrected chi connectivity index (χ4v) is 4.95. The van der Waals surface area contributed by atoms with Crippen molar-refractivity contribution in [3.63, 3.8) is 0 Å². The standard InChI is InChI=1S/C20H27N5OS/c26-19(22-20-24-23-18(27-20)15-8-2-1-3-9-15)21-14-16-10-4-5-11-17(16)25-12-6-7-13-25/h4-5,10-11,15H,1-3,6-9,12-14H2,(H2,21,22,24,26). The Hall–Kier alpha value is -2.15. The van der Waals surface area contributed by atoms with Gasteiger partial charge in [-0.1, -0.05) is 48.8 Å². The number of rotatable bonds is 5. The average Bonchev–Trinajstić information content (AvgIpc) is 3.40. The molecule has 2 aliphatic rings. The van der Waals surface area contributed by atoms with Crippen LogP contribution in [-0.4, -0.2) is 29.3 Å². The Morgan fingerprint density at radius 2 is 1.85 bits per heavy atom. The Morgan fingerprint density at radius 3 is 2.67 bits per heavy atom. The number of urea groups is 1. The molecule has 1 aromatic carbocycles. The summed E-state index contributed by atoms with van der Waals surface area (Å²) in [7, 11) is 0. The van der Waals surface area contributed by atoms with Crippen molar-refractivity contribution < 1.29 is 4.79 Å². The number of hydrogen-bond donors (Lipinski definition) is 2. The van der Waals surface area contributed by atoms with Crippen LogP contribution in [0.1, 0.15) is 61.4 Å². The first-order valence-electron chi connectivity index (χ1n) is 10.0. The van der Waals surface area contributed by atoms with Crippen molar-refractivity contribution in [3.05, 3.63) is 34.8 Å². The van der Waals surface area contributed by atoms with Crippen LogP contribution in [-0.2, 0) is 6.54 Å². The molecule has 6 nitrogen and oxygen atoms in total. The summed E-state index contributed by atoms with van der Waals surface area (Å²) in [5.74, 6) is 0.516. The van der Waals surface area contributed by atoms with Crippen LogP contribution in [0.3, 0.4) is 0 Å². The van der Waals surface area contributed by atoms with E-state index in [1.807, 2.05) is 6.07 Å². The molecule has 0 spiro atoms. The molecule has 0 bridgehead atoms. The molecule has 0 atom stereocenters. The molecule has 0 radical (unpaired) electrons. The lowest BCUT2D eigenvalue weighted by molar-refractivity contribution is 0.251. The molecule has 27 heavy (non-hydrogen) atoms. The Balaban J connectivity index is 1.32. The van der Waals surface area contributed by atoms with E-state index in [0.29, 0.717) is 17.6 Å². The predicted octanol–water partition coefficient (Wildman–Crippen LogP) is 4.51. The molecule has 1 saturated heterocycles. The number of nitrogens with one attached hydrogen (secondary N) is 2. The van der Waals surface area contributed by atoms with Crippen molar-refractivity contribution in [3.8, 4) is 0 Å². The first-order chi connectivity index (χ1) is 13.3. The summed E-state index contributed by atoms with van der Waals surface area (Å²) in [4.78, 5) is 14.7. The van der Waals surface area contributed by atoms with Crippen LogP contribution in [0.5, 0.6) is 0 Å². The van der Waals surface area contributed by atoms with E-state index in [9.17, 15) is 4.79 Å². The molecule has 7 heteroatoms. The highest BCUT2D eigenvalue weighted by Gasteiger charge is 2.20. The minimum absolute atomic E-state index is 0.224. The van der Waals surface area contributed by atoms with Crippen LogP contribution >= 0.6 is 11.3 Å². The summed E-state index contributed by atoms with van der Waals surface area (Å²) in [6, 6.07) is 8.08. The van der Waals surface area contributed by atoms with E-state index >= 15 is 0 Å². The predicted molar refractivity (Wildman–Crippen MR) is 109 cm³/mol. The Labute approximate surface area is 164 Å². The zero-order valence-corrected chi connectivity index (χ0v) is 16.4. The third-order valence-corrected chi connectivity index (χ3v) is 6.49. The maximum Gasteiger partial charge on any atom is 0.321 e. The first kappa shape index (κ1) is 18.2. The van der Waals surface area contributed by atoms with Gasteiger partial charge in [-0.05, 0) is 37.3 Å². The summed E-state index contributed by atoms with van der Waals surface area (Å²) >= 11 is 1.51. The second-order valence-corrected chi connectivity index (χ2v) is 8.42. The van der Waals surface area contributed by atoms with Crippen LogP contribution in [0.4, 0.5) is 15.6 Å². The van der Waals surface area contributed by atoms with Crippen LogP contribution in [0.2, 0.25) is 0 Å². The zero-order valence-electron chi connectivity index (χ0n) is 15.6. The summed E-state index contributed by atoms with van der Waals surface area (Å²) in [6.45, 7) is 2.70. The molecular formula is C20H27N5OS. The van der Waals surface area contributed by atoms with E-state index < -0.39 is 0 Å². The number of hydrogen-bond acceptors (Lipinski definition) is 5. The summed E-state index contributed by atoms with van der Waals surface area (Å²) < 4.78 is 0. The van der Waals surface area contributed by atoms with Crippen molar-refractivity contribution in [2.75, 3.05) is 23.3 Å². The quantitative estimate of drug-likeness (QED) is 0.794. The molecule has 2 amide bonds. The third-order valence-electron chi connectivity index (χ3n) is 5.49. The SMILES string of the molecule is O=C(NCc1ccccc1N1CCCC1)Nc1nnc(C2CCCCC2)s1. The van der Waals surface area contributed by atoms with Gasteiger partial charge in [0.25, 0.3) is 0 Å². The second-order valence-electron chi connectivity index (χ2n) is 7.41. The number of benzene rings is 1. The van der Waals surface area contributed by atoms with E-state index in [4.69, 9.17) is 0 Å². The second kappa shape index (κ2) is 8.69. The lowest BCUT2D eigenvalue weighted by Crippen LogP contribution is -2.29. The third kappa shape index (κ3) is 4.58. The molecule has 2 aromatic rings. The van der Waals surface area contributed by atoms with Crippen LogP contribution in [0, 0.1) is 0 Å². The fourth-order valence-electron chi connectivity index (χ4n) is 4.04. The number of anilines is 2. The van der Waals surface area contributed by atoms with Gasteiger partial charge >= 0.3 is 6.03 Å². The lowest BCUT2D eigenvalue weighted by atomic mass is 9.90. The smallest absolute Gasteiger partial charge is 0.321 e. The Kier molecular flexibility index (Phi) is 5.87. The molecule has 1 aromatic heterocycles. The van der Waals surface area contributed by atoms with Crippen molar-refractivity contribution >= 4 is 28.2 Å². The number of carbonyl (C=O) groups excluding carboxylic acids is 1. The van der Waals surface area contributed by atoms with Crippen LogP contribution < -0.4 is 15.5 Å². The van der Waals surface area contributed by atoms with Gasteiger partial charge in [0.15, 0.2) is 0 Å². The van der Waals surface area contributed by atoms with Crippen molar-refractivity contribution in [2.24, 2.45) is 0 Å². The van der Waals surface area contributed by atoms with Gasteiger partial charge in [0.1, 0.15) is 5.01 Å². The molecule has 1 aliphatic carbocycles. The van der Waals surface area contributed by atoms with Crippen LogP contribution in [0.25, 0.3) is 0 Å². The summed E-state index contributed by atoms with van der Waals surface area (Å²) in [5, 5.41) is 15.9. The number of nitrogens with zero attached hydrogens (tertiary/aromatic N) is 3. The monoisotopic (exact) mass is 385 g/mol. The van der Waals surface area contributed by atoms with Crippen molar-refractivity contribution in [1.29, 1.82) is 0 Å². The van der Waals surface area contributed by atoms with E-state index in [1.54, 1.807) is 0 Å². The maximum absolute atomic E-state index is 12.3. The fraction of sp³-hybridized carbons (Fsp3) is 0.550. The first-order valence-corrected chi connectivity index (χ1v) is 10.8. The molecule has 1 saturated carbocycles. The lowest BCUT2D eigenvalue weighted by Gasteiger charge is -2.21. The topological polar surface area (TPSA) is 70.2 Å². The molecule has 144 valence electrons. The van der Waals surface area contributed by atoms with Crippen molar-refractivity contribution in [2.45, 2.75) is 57.4 Å². The highest BCUT2D eigenvalue weighted by molar-refractivity contribution is 7.15. The zero-order chi connectivity index (χ0) is 18.5. The molecule has 0 unspecified atom stereocenters. The van der Waals surface area contributed by atoms with Crippen molar-refractivity contribution in [1.82, 2.24) is 15.5 Å². The van der Waals surface area contributed by atoms with Gasteiger partial charge < -0.3 is 10.2 Å². The van der Waals surface area contributed by atoms with Gasteiger partial charge in [-0.25, -0.2) is 4.79 Å². The summed E-state index contributed by atoms with van der Waals surface area (Å²) in [6.07, 6.45) is 8.71. The largest absolute Gasteiger partial charge is 0.371 e. The highest BCUT2D eigenvalue weighted by atomic mass is 32.1. The Bertz CT molecular complexity index is 765. The normalized spacial score (nSPS) is 17.9. The molecule has 2 fully saturated rings. The summed E-state index contributed by atoms with van der Waals surface area (Å²) in [5.41, 5.74) is 2.38. The van der Waals surface area contributed by atoms with Gasteiger partial charge in [-0.2, -0.15) is 0 Å². The molecule has 2 heterocycles. The number of aromatic nitrogens is 2. The van der Waals surface area contributed by atoms with Crippen LogP contribution in [0.15, 0.2) is 24.3 Å². The maximum atomic E-state index is 12.3. The minimum atomic E-state index is -0.224. The molecular weight excluding hydrogens is 358 g/mol. The van der Waals surface area contributed by atoms with Gasteiger partial charge in [0.05, 0.1) is 0 Å². The van der Waals surface area contributed by atoms with E-state index in [-0.39, 0.29) is 6.03 Å².